The maximum Gasteiger partial charge on any atom is 0.0450 e. The molecule has 2 heteroatoms. The number of nitrogens with zero attached hydrogens (tertiary/aromatic N) is 1. The van der Waals surface area contributed by atoms with E-state index in [-0.39, 0.29) is 0 Å². The molecule has 0 amide bonds. The fourth-order valence-electron chi connectivity index (χ4n) is 2.99. The Morgan fingerprint density at radius 1 is 1.24 bits per heavy atom. The van der Waals surface area contributed by atoms with Crippen molar-refractivity contribution in [2.24, 2.45) is 0 Å². The van der Waals surface area contributed by atoms with Gasteiger partial charge in [-0.25, -0.2) is 0 Å². The molecule has 0 spiro atoms. The van der Waals surface area contributed by atoms with Crippen molar-refractivity contribution in [1.29, 1.82) is 0 Å². The van der Waals surface area contributed by atoms with Crippen LogP contribution < -0.4 is 5.32 Å². The van der Waals surface area contributed by atoms with Crippen molar-refractivity contribution in [3.63, 3.8) is 0 Å². The highest BCUT2D eigenvalue weighted by Crippen LogP contribution is 2.43. The van der Waals surface area contributed by atoms with Crippen molar-refractivity contribution in [2.45, 2.75) is 44.3 Å². The zero-order chi connectivity index (χ0) is 11.9. The first-order valence-corrected chi connectivity index (χ1v) is 6.74. The van der Waals surface area contributed by atoms with Crippen molar-refractivity contribution in [2.75, 3.05) is 13.1 Å². The minimum Gasteiger partial charge on any atom is -0.307 e. The number of nitrogens with one attached hydrogen (secondary N) is 1. The average Bonchev–Trinajstić information content (AvgIpc) is 3.10. The number of hydrogen-bond donors (Lipinski definition) is 1. The highest BCUT2D eigenvalue weighted by Gasteiger charge is 2.46. The van der Waals surface area contributed by atoms with E-state index in [1.807, 2.05) is 0 Å². The van der Waals surface area contributed by atoms with Crippen molar-refractivity contribution < 1.29 is 0 Å². The lowest BCUT2D eigenvalue weighted by Gasteiger charge is -2.43. The molecule has 1 heterocycles. The van der Waals surface area contributed by atoms with Crippen LogP contribution in [0.5, 0.6) is 0 Å². The smallest absolute Gasteiger partial charge is 0.0450 e. The second-order valence-corrected chi connectivity index (χ2v) is 5.87. The molecular weight excluding hydrogens is 208 g/mol. The van der Waals surface area contributed by atoms with E-state index in [0.29, 0.717) is 17.6 Å². The monoisotopic (exact) mass is 230 g/mol. The first-order chi connectivity index (χ1) is 8.19. The summed E-state index contributed by atoms with van der Waals surface area (Å²) in [7, 11) is 0. The third-order valence-corrected chi connectivity index (χ3v) is 4.44. The lowest BCUT2D eigenvalue weighted by Crippen LogP contribution is -2.55. The van der Waals surface area contributed by atoms with Crippen molar-refractivity contribution in [3.05, 3.63) is 35.9 Å². The zero-order valence-electron chi connectivity index (χ0n) is 10.8. The molecule has 1 aromatic carbocycles. The van der Waals surface area contributed by atoms with Crippen molar-refractivity contribution >= 4 is 0 Å². The summed E-state index contributed by atoms with van der Waals surface area (Å²) in [6.45, 7) is 7.02. The fraction of sp³-hybridized carbons (Fsp3) is 0.600. The second kappa shape index (κ2) is 4.11. The summed E-state index contributed by atoms with van der Waals surface area (Å²) in [6, 6.07) is 12.0. The van der Waals surface area contributed by atoms with Crippen LogP contribution in [0.1, 0.15) is 38.3 Å². The van der Waals surface area contributed by atoms with Crippen molar-refractivity contribution in [1.82, 2.24) is 10.2 Å². The highest BCUT2D eigenvalue weighted by atomic mass is 15.3. The van der Waals surface area contributed by atoms with Crippen LogP contribution >= 0.6 is 0 Å². The van der Waals surface area contributed by atoms with E-state index in [1.165, 1.54) is 18.4 Å². The Bertz CT molecular complexity index is 383. The van der Waals surface area contributed by atoms with Crippen LogP contribution in [0.15, 0.2) is 30.3 Å². The Morgan fingerprint density at radius 2 is 1.94 bits per heavy atom. The zero-order valence-corrected chi connectivity index (χ0v) is 10.8. The molecule has 2 aliphatic rings. The van der Waals surface area contributed by atoms with Gasteiger partial charge in [-0.2, -0.15) is 0 Å². The molecule has 2 atom stereocenters. The molecule has 2 fully saturated rings. The van der Waals surface area contributed by atoms with Gasteiger partial charge in [-0.15, -0.1) is 0 Å². The molecule has 1 N–H and O–H groups in total. The molecule has 0 radical (unpaired) electrons. The third-order valence-electron chi connectivity index (χ3n) is 4.44. The lowest BCUT2D eigenvalue weighted by molar-refractivity contribution is 0.0856. The molecule has 92 valence electrons. The van der Waals surface area contributed by atoms with Crippen molar-refractivity contribution in [3.8, 4) is 0 Å². The van der Waals surface area contributed by atoms with Gasteiger partial charge in [0, 0.05) is 30.7 Å². The topological polar surface area (TPSA) is 15.3 Å². The molecule has 0 aromatic heterocycles. The van der Waals surface area contributed by atoms with Gasteiger partial charge in [0.1, 0.15) is 0 Å². The van der Waals surface area contributed by atoms with Crippen LogP contribution in [-0.4, -0.2) is 29.6 Å². The van der Waals surface area contributed by atoms with Gasteiger partial charge < -0.3 is 5.32 Å². The summed E-state index contributed by atoms with van der Waals surface area (Å²) in [5.41, 5.74) is 1.92. The van der Waals surface area contributed by atoms with E-state index >= 15 is 0 Å². The van der Waals surface area contributed by atoms with Gasteiger partial charge in [0.25, 0.3) is 0 Å². The number of rotatable bonds is 2. The Balaban J connectivity index is 1.76. The highest BCUT2D eigenvalue weighted by molar-refractivity contribution is 5.21. The van der Waals surface area contributed by atoms with E-state index in [2.05, 4.69) is 54.4 Å². The van der Waals surface area contributed by atoms with Crippen LogP contribution in [0.2, 0.25) is 0 Å². The van der Waals surface area contributed by atoms with E-state index in [4.69, 9.17) is 0 Å². The molecular formula is C15H22N2. The van der Waals surface area contributed by atoms with Gasteiger partial charge in [-0.05, 0) is 32.3 Å². The Labute approximate surface area is 104 Å². The van der Waals surface area contributed by atoms with Crippen LogP contribution in [0.3, 0.4) is 0 Å². The Hall–Kier alpha value is -0.860. The van der Waals surface area contributed by atoms with Crippen LogP contribution in [0.4, 0.5) is 0 Å². The molecule has 1 aliphatic heterocycles. The Morgan fingerprint density at radius 3 is 2.59 bits per heavy atom. The van der Waals surface area contributed by atoms with Crippen LogP contribution in [0, 0.1) is 0 Å². The van der Waals surface area contributed by atoms with E-state index in [1.54, 1.807) is 0 Å². The predicted molar refractivity (Wildman–Crippen MR) is 71.0 cm³/mol. The molecule has 1 aromatic rings. The minimum absolute atomic E-state index is 0.495. The summed E-state index contributed by atoms with van der Waals surface area (Å²) in [5.74, 6) is 0. The molecule has 1 aliphatic carbocycles. The molecule has 1 saturated heterocycles. The summed E-state index contributed by atoms with van der Waals surface area (Å²) >= 11 is 0. The van der Waals surface area contributed by atoms with Gasteiger partial charge >= 0.3 is 0 Å². The molecule has 2 unspecified atom stereocenters. The van der Waals surface area contributed by atoms with Crippen LogP contribution in [0.25, 0.3) is 0 Å². The van der Waals surface area contributed by atoms with Gasteiger partial charge in [0.05, 0.1) is 0 Å². The maximum absolute atomic E-state index is 3.67. The second-order valence-electron chi connectivity index (χ2n) is 5.87. The predicted octanol–water partition coefficient (Wildman–Crippen LogP) is 2.57. The maximum atomic E-state index is 3.67. The van der Waals surface area contributed by atoms with Gasteiger partial charge in [0.2, 0.25) is 0 Å². The fourth-order valence-corrected chi connectivity index (χ4v) is 2.99. The summed E-state index contributed by atoms with van der Waals surface area (Å²) in [4.78, 5) is 2.71. The summed E-state index contributed by atoms with van der Waals surface area (Å²) < 4.78 is 0. The molecule has 0 bridgehead atoms. The summed E-state index contributed by atoms with van der Waals surface area (Å²) in [6.07, 6.45) is 2.75. The lowest BCUT2D eigenvalue weighted by atomic mass is 10.0. The standard InChI is InChI=1S/C15H22N2/c1-12-10-16-14(13-6-4-3-5-7-13)11-17(12)15(2)8-9-15/h3-7,12,14,16H,8-11H2,1-2H3. The minimum atomic E-state index is 0.495. The SMILES string of the molecule is CC1CNC(c2ccccc2)CN1C1(C)CC1. The first-order valence-electron chi connectivity index (χ1n) is 6.74. The quantitative estimate of drug-likeness (QED) is 0.840. The van der Waals surface area contributed by atoms with Gasteiger partial charge in [0.15, 0.2) is 0 Å². The molecule has 17 heavy (non-hydrogen) atoms. The Kier molecular flexibility index (Phi) is 2.72. The number of benzene rings is 1. The van der Waals surface area contributed by atoms with E-state index in [0.717, 1.165) is 13.1 Å². The molecule has 3 rings (SSSR count). The number of hydrogen-bond acceptors (Lipinski definition) is 2. The van der Waals surface area contributed by atoms with Gasteiger partial charge in [-0.3, -0.25) is 4.90 Å². The number of piperazine rings is 1. The van der Waals surface area contributed by atoms with E-state index in [9.17, 15) is 0 Å². The van der Waals surface area contributed by atoms with E-state index < -0.39 is 0 Å². The first kappa shape index (κ1) is 11.2. The molecule has 1 saturated carbocycles. The van der Waals surface area contributed by atoms with Gasteiger partial charge in [-0.1, -0.05) is 30.3 Å². The normalized spacial score (nSPS) is 32.4. The average molecular weight is 230 g/mol. The third kappa shape index (κ3) is 2.12. The summed E-state index contributed by atoms with van der Waals surface area (Å²) in [5, 5.41) is 3.67. The van der Waals surface area contributed by atoms with Crippen LogP contribution in [-0.2, 0) is 0 Å². The molecule has 2 nitrogen and oxygen atoms in total. The largest absolute Gasteiger partial charge is 0.307 e.